The molecule has 3 aromatic rings. The average Bonchev–Trinajstić information content (AvgIpc) is 3.06. The summed E-state index contributed by atoms with van der Waals surface area (Å²) in [5.74, 6) is -0.0584. The molecule has 0 spiro atoms. The summed E-state index contributed by atoms with van der Waals surface area (Å²) in [5, 5.41) is 1.25. The first-order valence-corrected chi connectivity index (χ1v) is 10.2. The molecule has 2 heterocycles. The van der Waals surface area contributed by atoms with Crippen LogP contribution in [0.5, 0.6) is 0 Å². The van der Waals surface area contributed by atoms with Crippen molar-refractivity contribution in [1.82, 2.24) is 9.47 Å². The van der Waals surface area contributed by atoms with E-state index < -0.39 is 0 Å². The van der Waals surface area contributed by atoms with Gasteiger partial charge in [-0.15, -0.1) is 0 Å². The van der Waals surface area contributed by atoms with E-state index >= 15 is 0 Å². The summed E-state index contributed by atoms with van der Waals surface area (Å²) in [6.07, 6.45) is 1.96. The predicted molar refractivity (Wildman–Crippen MR) is 113 cm³/mol. The van der Waals surface area contributed by atoms with Crippen LogP contribution in [0.1, 0.15) is 31.0 Å². The third-order valence-electron chi connectivity index (χ3n) is 5.56. The lowest BCUT2D eigenvalue weighted by atomic mass is 9.98. The van der Waals surface area contributed by atoms with Gasteiger partial charge in [-0.1, -0.05) is 30.3 Å². The lowest BCUT2D eigenvalue weighted by Gasteiger charge is -2.31. The van der Waals surface area contributed by atoms with Crippen LogP contribution >= 0.6 is 0 Å². The first kappa shape index (κ1) is 18.8. The minimum atomic E-state index is -0.0496. The fourth-order valence-corrected chi connectivity index (χ4v) is 4.28. The Labute approximate surface area is 166 Å². The first-order chi connectivity index (χ1) is 13.7. The van der Waals surface area contributed by atoms with E-state index in [0.29, 0.717) is 6.61 Å². The van der Waals surface area contributed by atoms with Crippen molar-refractivity contribution in [3.05, 3.63) is 65.9 Å². The number of hydrogen-bond donors (Lipinski definition) is 0. The second kappa shape index (κ2) is 8.19. The van der Waals surface area contributed by atoms with E-state index in [1.807, 2.05) is 6.92 Å². The summed E-state index contributed by atoms with van der Waals surface area (Å²) in [4.78, 5) is 14.6. The number of aromatic nitrogens is 1. The van der Waals surface area contributed by atoms with E-state index in [9.17, 15) is 4.79 Å². The fraction of sp³-hybridized carbons (Fsp3) is 0.375. The van der Waals surface area contributed by atoms with Crippen LogP contribution in [0.15, 0.2) is 54.6 Å². The predicted octanol–water partition coefficient (Wildman–Crippen LogP) is 4.71. The van der Waals surface area contributed by atoms with Gasteiger partial charge in [-0.25, -0.2) is 0 Å². The van der Waals surface area contributed by atoms with Gasteiger partial charge in [0.1, 0.15) is 0 Å². The molecule has 1 fully saturated rings. The molecule has 1 atom stereocenters. The quantitative estimate of drug-likeness (QED) is 0.605. The Balaban J connectivity index is 1.65. The number of likely N-dealkylation sites (tertiary alicyclic amines) is 1. The van der Waals surface area contributed by atoms with Gasteiger partial charge in [0.05, 0.1) is 18.0 Å². The number of piperidine rings is 1. The number of benzene rings is 2. The minimum Gasteiger partial charge on any atom is -0.466 e. The molecule has 1 aromatic heterocycles. The molecule has 1 aliphatic rings. The van der Waals surface area contributed by atoms with Crippen LogP contribution in [0.3, 0.4) is 0 Å². The maximum absolute atomic E-state index is 12.2. The fourth-order valence-electron chi connectivity index (χ4n) is 4.28. The van der Waals surface area contributed by atoms with Crippen molar-refractivity contribution in [3.63, 3.8) is 0 Å². The molecule has 2 aromatic carbocycles. The van der Waals surface area contributed by atoms with Crippen LogP contribution in [0.2, 0.25) is 0 Å². The minimum absolute atomic E-state index is 0.00880. The van der Waals surface area contributed by atoms with E-state index in [2.05, 4.69) is 71.0 Å². The van der Waals surface area contributed by atoms with Crippen LogP contribution < -0.4 is 0 Å². The third-order valence-corrected chi connectivity index (χ3v) is 5.56. The molecule has 1 aliphatic heterocycles. The second-order valence-electron chi connectivity index (χ2n) is 7.70. The maximum atomic E-state index is 12.2. The standard InChI is InChI=1S/C24H28N2O2/c1-3-28-24(27)20-10-7-13-25(16-20)17-22-15-19-9-4-5-12-23(19)26(22)21-11-6-8-18(2)14-21/h4-6,8-9,11-12,14-15,20H,3,7,10,13,16-17H2,1-2H3. The van der Waals surface area contributed by atoms with Crippen LogP contribution in [0, 0.1) is 12.8 Å². The molecule has 146 valence electrons. The number of para-hydroxylation sites is 1. The van der Waals surface area contributed by atoms with E-state index in [1.165, 1.54) is 27.8 Å². The molecule has 1 saturated heterocycles. The monoisotopic (exact) mass is 376 g/mol. The van der Waals surface area contributed by atoms with Gasteiger partial charge in [-0.2, -0.15) is 0 Å². The largest absolute Gasteiger partial charge is 0.466 e. The van der Waals surface area contributed by atoms with Crippen LogP contribution in [-0.2, 0) is 16.1 Å². The number of rotatable bonds is 5. The molecule has 4 rings (SSSR count). The zero-order chi connectivity index (χ0) is 19.5. The highest BCUT2D eigenvalue weighted by Crippen LogP contribution is 2.27. The number of hydrogen-bond acceptors (Lipinski definition) is 3. The van der Waals surface area contributed by atoms with E-state index in [0.717, 1.165) is 32.5 Å². The van der Waals surface area contributed by atoms with E-state index in [1.54, 1.807) is 0 Å². The lowest BCUT2D eigenvalue weighted by Crippen LogP contribution is -2.39. The summed E-state index contributed by atoms with van der Waals surface area (Å²) in [5.41, 5.74) is 4.93. The van der Waals surface area contributed by atoms with Crippen LogP contribution in [0.25, 0.3) is 16.6 Å². The van der Waals surface area contributed by atoms with Crippen molar-refractivity contribution < 1.29 is 9.53 Å². The smallest absolute Gasteiger partial charge is 0.310 e. The average molecular weight is 377 g/mol. The lowest BCUT2D eigenvalue weighted by molar-refractivity contribution is -0.150. The Hall–Kier alpha value is -2.59. The maximum Gasteiger partial charge on any atom is 0.310 e. The normalized spacial score (nSPS) is 17.7. The third kappa shape index (κ3) is 3.83. The van der Waals surface area contributed by atoms with Crippen molar-refractivity contribution >= 4 is 16.9 Å². The molecule has 0 bridgehead atoms. The van der Waals surface area contributed by atoms with E-state index in [4.69, 9.17) is 4.74 Å². The molecule has 0 radical (unpaired) electrons. The van der Waals surface area contributed by atoms with Gasteiger partial charge >= 0.3 is 5.97 Å². The van der Waals surface area contributed by atoms with Crippen molar-refractivity contribution in [3.8, 4) is 5.69 Å². The summed E-state index contributed by atoms with van der Waals surface area (Å²) >= 11 is 0. The molecule has 28 heavy (non-hydrogen) atoms. The number of fused-ring (bicyclic) bond motifs is 1. The number of ether oxygens (including phenoxy) is 1. The van der Waals surface area contributed by atoms with Gasteiger partial charge in [0, 0.05) is 29.9 Å². The van der Waals surface area contributed by atoms with Gasteiger partial charge in [-0.3, -0.25) is 9.69 Å². The molecule has 0 aliphatic carbocycles. The highest BCUT2D eigenvalue weighted by Gasteiger charge is 2.27. The molecule has 4 nitrogen and oxygen atoms in total. The van der Waals surface area contributed by atoms with Crippen molar-refractivity contribution in [2.75, 3.05) is 19.7 Å². The summed E-state index contributed by atoms with van der Waals surface area (Å²) in [6, 6.07) is 19.5. The highest BCUT2D eigenvalue weighted by molar-refractivity contribution is 5.83. The molecular formula is C24H28N2O2. The second-order valence-corrected chi connectivity index (χ2v) is 7.70. The summed E-state index contributed by atoms with van der Waals surface area (Å²) in [7, 11) is 0. The van der Waals surface area contributed by atoms with E-state index in [-0.39, 0.29) is 11.9 Å². The Kier molecular flexibility index (Phi) is 5.49. The molecular weight excluding hydrogens is 348 g/mol. The van der Waals surface area contributed by atoms with Gasteiger partial charge in [0.15, 0.2) is 0 Å². The summed E-state index contributed by atoms with van der Waals surface area (Å²) in [6.45, 7) is 7.08. The molecule has 1 unspecified atom stereocenters. The van der Waals surface area contributed by atoms with Crippen molar-refractivity contribution in [2.24, 2.45) is 5.92 Å². The van der Waals surface area contributed by atoms with Gasteiger partial charge in [-0.05, 0) is 63.1 Å². The summed E-state index contributed by atoms with van der Waals surface area (Å²) < 4.78 is 7.62. The molecule has 0 N–H and O–H groups in total. The molecule has 0 amide bonds. The number of nitrogens with zero attached hydrogens (tertiary/aromatic N) is 2. The zero-order valence-electron chi connectivity index (χ0n) is 16.7. The Morgan fingerprint density at radius 1 is 1.14 bits per heavy atom. The number of carbonyl (C=O) groups excluding carboxylic acids is 1. The van der Waals surface area contributed by atoms with Crippen LogP contribution in [0.4, 0.5) is 0 Å². The Morgan fingerprint density at radius 3 is 2.82 bits per heavy atom. The van der Waals surface area contributed by atoms with Gasteiger partial charge < -0.3 is 9.30 Å². The first-order valence-electron chi connectivity index (χ1n) is 10.2. The van der Waals surface area contributed by atoms with Gasteiger partial charge in [0.25, 0.3) is 0 Å². The SMILES string of the molecule is CCOC(=O)C1CCCN(Cc2cc3ccccc3n2-c2cccc(C)c2)C1. The molecule has 0 saturated carbocycles. The topological polar surface area (TPSA) is 34.5 Å². The zero-order valence-corrected chi connectivity index (χ0v) is 16.7. The number of esters is 1. The Morgan fingerprint density at radius 2 is 2.00 bits per heavy atom. The van der Waals surface area contributed by atoms with Gasteiger partial charge in [0.2, 0.25) is 0 Å². The highest BCUT2D eigenvalue weighted by atomic mass is 16.5. The van der Waals surface area contributed by atoms with Crippen molar-refractivity contribution in [1.29, 1.82) is 0 Å². The molecule has 4 heteroatoms. The number of aryl methyl sites for hydroxylation is 1. The Bertz CT molecular complexity index is 976. The number of carbonyl (C=O) groups is 1. The van der Waals surface area contributed by atoms with Crippen molar-refractivity contribution in [2.45, 2.75) is 33.2 Å². The van der Waals surface area contributed by atoms with Crippen LogP contribution in [-0.4, -0.2) is 35.1 Å².